The van der Waals surface area contributed by atoms with Crippen LogP contribution in [-0.2, 0) is 12.8 Å². The van der Waals surface area contributed by atoms with Crippen molar-refractivity contribution in [2.24, 2.45) is 5.73 Å². The summed E-state index contributed by atoms with van der Waals surface area (Å²) in [6.45, 7) is 1.80. The van der Waals surface area contributed by atoms with Gasteiger partial charge in [-0.2, -0.15) is 0 Å². The summed E-state index contributed by atoms with van der Waals surface area (Å²) in [4.78, 5) is 4.58. The first kappa shape index (κ1) is 12.3. The molecule has 0 fully saturated rings. The van der Waals surface area contributed by atoms with Crippen molar-refractivity contribution in [1.82, 2.24) is 4.98 Å². The van der Waals surface area contributed by atoms with Crippen LogP contribution in [0.25, 0.3) is 0 Å². The summed E-state index contributed by atoms with van der Waals surface area (Å²) in [6.07, 6.45) is 4.39. The number of aryl methyl sites for hydroxylation is 2. The number of hydrogen-bond donors (Lipinski definition) is 2. The Hall–Kier alpha value is -0.800. The van der Waals surface area contributed by atoms with Crippen LogP contribution in [0.4, 0.5) is 5.82 Å². The third-order valence-electron chi connectivity index (χ3n) is 2.59. The summed E-state index contributed by atoms with van der Waals surface area (Å²) >= 11 is 0. The normalized spacial score (nSPS) is 13.7. The first-order valence-corrected chi connectivity index (χ1v) is 5.33. The highest BCUT2D eigenvalue weighted by Gasteiger charge is 2.09. The Kier molecular flexibility index (Phi) is 4.85. The highest BCUT2D eigenvalue weighted by atomic mass is 35.5. The summed E-state index contributed by atoms with van der Waals surface area (Å²) in [5.41, 5.74) is 7.98. The minimum absolute atomic E-state index is 0. The van der Waals surface area contributed by atoms with Crippen molar-refractivity contribution in [3.63, 3.8) is 0 Å². The lowest BCUT2D eigenvalue weighted by Crippen LogP contribution is -2.14. The predicted octanol–water partition coefficient (Wildman–Crippen LogP) is 1.75. The molecular formula is C11H18ClN3. The molecule has 1 aromatic rings. The van der Waals surface area contributed by atoms with E-state index in [0.717, 1.165) is 43.9 Å². The number of aromatic nitrogens is 1. The Labute approximate surface area is 96.9 Å². The quantitative estimate of drug-likeness (QED) is 0.828. The molecule has 15 heavy (non-hydrogen) atoms. The van der Waals surface area contributed by atoms with Crippen LogP contribution in [0.2, 0.25) is 0 Å². The van der Waals surface area contributed by atoms with Gasteiger partial charge in [0.15, 0.2) is 0 Å². The van der Waals surface area contributed by atoms with Crippen molar-refractivity contribution in [1.29, 1.82) is 0 Å². The lowest BCUT2D eigenvalue weighted by atomic mass is 10.1. The van der Waals surface area contributed by atoms with Crippen molar-refractivity contribution in [2.75, 3.05) is 18.4 Å². The van der Waals surface area contributed by atoms with Crippen LogP contribution < -0.4 is 11.1 Å². The van der Waals surface area contributed by atoms with Crippen LogP contribution in [0.5, 0.6) is 0 Å². The molecule has 2 heterocycles. The monoisotopic (exact) mass is 227 g/mol. The topological polar surface area (TPSA) is 50.9 Å². The first-order valence-electron chi connectivity index (χ1n) is 5.33. The van der Waals surface area contributed by atoms with Gasteiger partial charge in [0.25, 0.3) is 0 Å². The summed E-state index contributed by atoms with van der Waals surface area (Å²) in [5.74, 6) is 1.09. The molecule has 1 aromatic heterocycles. The van der Waals surface area contributed by atoms with Gasteiger partial charge in [-0.05, 0) is 43.9 Å². The van der Waals surface area contributed by atoms with E-state index in [1.54, 1.807) is 0 Å². The number of halogens is 1. The van der Waals surface area contributed by atoms with E-state index in [4.69, 9.17) is 5.73 Å². The summed E-state index contributed by atoms with van der Waals surface area (Å²) in [7, 11) is 0. The largest absolute Gasteiger partial charge is 0.370 e. The van der Waals surface area contributed by atoms with Crippen LogP contribution in [0.1, 0.15) is 24.1 Å². The molecule has 0 saturated carbocycles. The zero-order valence-corrected chi connectivity index (χ0v) is 9.65. The molecule has 3 N–H and O–H groups in total. The molecule has 2 rings (SSSR count). The lowest BCUT2D eigenvalue weighted by molar-refractivity contribution is 0.785. The number of nitrogens with two attached hydrogens (primary N) is 1. The van der Waals surface area contributed by atoms with Crippen LogP contribution in [0.15, 0.2) is 12.1 Å². The third kappa shape index (κ3) is 3.08. The van der Waals surface area contributed by atoms with E-state index in [0.29, 0.717) is 0 Å². The molecule has 1 aliphatic rings. The molecule has 0 unspecified atom stereocenters. The van der Waals surface area contributed by atoms with Gasteiger partial charge in [0.05, 0.1) is 0 Å². The molecule has 0 radical (unpaired) electrons. The van der Waals surface area contributed by atoms with Crippen molar-refractivity contribution in [3.05, 3.63) is 23.4 Å². The number of nitrogens with one attached hydrogen (secondary N) is 1. The summed E-state index contributed by atoms with van der Waals surface area (Å²) in [6, 6.07) is 4.32. The first-order chi connectivity index (χ1) is 6.90. The van der Waals surface area contributed by atoms with E-state index in [-0.39, 0.29) is 12.4 Å². The predicted molar refractivity (Wildman–Crippen MR) is 65.7 cm³/mol. The van der Waals surface area contributed by atoms with E-state index in [2.05, 4.69) is 22.4 Å². The van der Waals surface area contributed by atoms with E-state index >= 15 is 0 Å². The van der Waals surface area contributed by atoms with Crippen LogP contribution in [-0.4, -0.2) is 18.1 Å². The number of hydrogen-bond acceptors (Lipinski definition) is 3. The minimum atomic E-state index is 0. The van der Waals surface area contributed by atoms with Gasteiger partial charge in [-0.25, -0.2) is 4.98 Å². The Morgan fingerprint density at radius 3 is 3.07 bits per heavy atom. The Morgan fingerprint density at radius 2 is 2.27 bits per heavy atom. The fraction of sp³-hybridized carbons (Fsp3) is 0.545. The van der Waals surface area contributed by atoms with E-state index in [1.165, 1.54) is 12.0 Å². The zero-order valence-electron chi connectivity index (χ0n) is 8.83. The van der Waals surface area contributed by atoms with Crippen LogP contribution in [0, 0.1) is 0 Å². The molecule has 1 aliphatic heterocycles. The molecule has 0 bridgehead atoms. The molecular weight excluding hydrogens is 210 g/mol. The fourth-order valence-corrected chi connectivity index (χ4v) is 1.79. The van der Waals surface area contributed by atoms with Crippen molar-refractivity contribution in [2.45, 2.75) is 25.7 Å². The maximum Gasteiger partial charge on any atom is 0.129 e. The lowest BCUT2D eigenvalue weighted by Gasteiger charge is -2.17. The average molecular weight is 228 g/mol. The number of rotatable bonds is 3. The second-order valence-corrected chi connectivity index (χ2v) is 3.73. The zero-order chi connectivity index (χ0) is 9.80. The van der Waals surface area contributed by atoms with Gasteiger partial charge < -0.3 is 11.1 Å². The summed E-state index contributed by atoms with van der Waals surface area (Å²) < 4.78 is 0. The molecule has 0 amide bonds. The van der Waals surface area contributed by atoms with Crippen molar-refractivity contribution >= 4 is 18.2 Å². The Bertz CT molecular complexity index is 315. The molecule has 4 heteroatoms. The molecule has 0 saturated heterocycles. The Balaban J connectivity index is 0.00000112. The van der Waals surface area contributed by atoms with E-state index in [1.807, 2.05) is 0 Å². The Morgan fingerprint density at radius 1 is 1.40 bits per heavy atom. The van der Waals surface area contributed by atoms with Gasteiger partial charge in [0.2, 0.25) is 0 Å². The van der Waals surface area contributed by atoms with Gasteiger partial charge >= 0.3 is 0 Å². The molecule has 0 aliphatic carbocycles. The molecule has 3 nitrogen and oxygen atoms in total. The summed E-state index contributed by atoms with van der Waals surface area (Å²) in [5, 5.41) is 3.34. The standard InChI is InChI=1S/C11H17N3.ClH/c12-7-1-4-10-6-5-9-3-2-8-13-11(9)14-10;/h5-6H,1-4,7-8,12H2,(H,13,14);1H. The molecule has 84 valence electrons. The van der Waals surface area contributed by atoms with E-state index in [9.17, 15) is 0 Å². The number of fused-ring (bicyclic) bond motifs is 1. The molecule has 0 spiro atoms. The fourth-order valence-electron chi connectivity index (χ4n) is 1.79. The van der Waals surface area contributed by atoms with Crippen LogP contribution in [0.3, 0.4) is 0 Å². The van der Waals surface area contributed by atoms with Crippen molar-refractivity contribution < 1.29 is 0 Å². The maximum atomic E-state index is 5.47. The number of anilines is 1. The number of pyridine rings is 1. The van der Waals surface area contributed by atoms with Crippen molar-refractivity contribution in [3.8, 4) is 0 Å². The molecule has 0 aromatic carbocycles. The third-order valence-corrected chi connectivity index (χ3v) is 2.59. The van der Waals surface area contributed by atoms with Gasteiger partial charge in [-0.1, -0.05) is 6.07 Å². The SMILES string of the molecule is Cl.NCCCc1ccc2c(n1)NCCC2. The van der Waals surface area contributed by atoms with E-state index < -0.39 is 0 Å². The average Bonchev–Trinajstić information content (AvgIpc) is 2.26. The van der Waals surface area contributed by atoms with Gasteiger partial charge in [-0.15, -0.1) is 12.4 Å². The highest BCUT2D eigenvalue weighted by Crippen LogP contribution is 2.19. The molecule has 0 atom stereocenters. The maximum absolute atomic E-state index is 5.47. The second-order valence-electron chi connectivity index (χ2n) is 3.73. The number of nitrogens with zero attached hydrogens (tertiary/aromatic N) is 1. The smallest absolute Gasteiger partial charge is 0.129 e. The van der Waals surface area contributed by atoms with Gasteiger partial charge in [0.1, 0.15) is 5.82 Å². The van der Waals surface area contributed by atoms with Gasteiger partial charge in [-0.3, -0.25) is 0 Å². The van der Waals surface area contributed by atoms with Gasteiger partial charge in [0, 0.05) is 12.2 Å². The second kappa shape index (κ2) is 5.93. The minimum Gasteiger partial charge on any atom is -0.370 e. The highest BCUT2D eigenvalue weighted by molar-refractivity contribution is 5.85. The van der Waals surface area contributed by atoms with Crippen LogP contribution >= 0.6 is 12.4 Å².